The first-order valence-corrected chi connectivity index (χ1v) is 8.45. The Kier molecular flexibility index (Phi) is 3.76. The van der Waals surface area contributed by atoms with Crippen molar-refractivity contribution in [2.24, 2.45) is 0 Å². The predicted octanol–water partition coefficient (Wildman–Crippen LogP) is 1.50. The van der Waals surface area contributed by atoms with E-state index in [1.54, 1.807) is 0 Å². The maximum Gasteiger partial charge on any atom is 0.321 e. The lowest BCUT2D eigenvalue weighted by atomic mass is 9.93. The molecule has 3 aliphatic heterocycles. The van der Waals surface area contributed by atoms with Crippen LogP contribution in [0.15, 0.2) is 18.2 Å². The summed E-state index contributed by atoms with van der Waals surface area (Å²) in [4.78, 5) is 16.3. The van der Waals surface area contributed by atoms with E-state index in [2.05, 4.69) is 33.7 Å². The lowest BCUT2D eigenvalue weighted by Gasteiger charge is -2.31. The number of rotatable bonds is 3. The summed E-state index contributed by atoms with van der Waals surface area (Å²) in [6.45, 7) is 6.09. The number of benzene rings is 1. The van der Waals surface area contributed by atoms with E-state index in [9.17, 15) is 4.79 Å². The van der Waals surface area contributed by atoms with E-state index in [0.29, 0.717) is 6.04 Å². The van der Waals surface area contributed by atoms with Crippen molar-refractivity contribution in [3.8, 4) is 0 Å². The highest BCUT2D eigenvalue weighted by atomic mass is 16.2. The third kappa shape index (κ3) is 2.59. The fourth-order valence-electron chi connectivity index (χ4n) is 3.90. The van der Waals surface area contributed by atoms with Crippen molar-refractivity contribution >= 4 is 11.7 Å². The van der Waals surface area contributed by atoms with Crippen LogP contribution < -0.4 is 15.5 Å². The van der Waals surface area contributed by atoms with Gasteiger partial charge in [0.05, 0.1) is 0 Å². The summed E-state index contributed by atoms with van der Waals surface area (Å²) in [6, 6.07) is 6.97. The Morgan fingerprint density at radius 3 is 2.77 bits per heavy atom. The van der Waals surface area contributed by atoms with Gasteiger partial charge in [0.1, 0.15) is 0 Å². The molecule has 3 heterocycles. The molecule has 0 bridgehead atoms. The molecule has 1 aromatic carbocycles. The van der Waals surface area contributed by atoms with Crippen LogP contribution in [0.3, 0.4) is 0 Å². The van der Waals surface area contributed by atoms with Crippen LogP contribution in [0.5, 0.6) is 0 Å². The van der Waals surface area contributed by atoms with Crippen LogP contribution in [0.4, 0.5) is 10.5 Å². The number of nitrogens with zero attached hydrogens (tertiary/aromatic N) is 2. The van der Waals surface area contributed by atoms with Crippen LogP contribution in [-0.4, -0.2) is 50.2 Å². The molecule has 2 amide bonds. The molecule has 0 radical (unpaired) electrons. The zero-order valence-electron chi connectivity index (χ0n) is 13.0. The smallest absolute Gasteiger partial charge is 0.321 e. The van der Waals surface area contributed by atoms with Crippen LogP contribution in [0.25, 0.3) is 0 Å². The third-order valence-electron chi connectivity index (χ3n) is 5.10. The first kappa shape index (κ1) is 14.0. The molecule has 5 nitrogen and oxygen atoms in total. The van der Waals surface area contributed by atoms with Crippen LogP contribution in [0.1, 0.15) is 30.0 Å². The number of fused-ring (bicyclic) bond motifs is 1. The maximum atomic E-state index is 11.9. The lowest BCUT2D eigenvalue weighted by molar-refractivity contribution is 0.252. The molecule has 3 aliphatic rings. The molecule has 5 heteroatoms. The summed E-state index contributed by atoms with van der Waals surface area (Å²) in [5.74, 6) is 0. The van der Waals surface area contributed by atoms with Crippen molar-refractivity contribution < 1.29 is 4.79 Å². The number of nitrogens with one attached hydrogen (secondary N) is 2. The molecule has 2 fully saturated rings. The second-order valence-corrected chi connectivity index (χ2v) is 6.53. The van der Waals surface area contributed by atoms with Gasteiger partial charge in [0.2, 0.25) is 0 Å². The fourth-order valence-corrected chi connectivity index (χ4v) is 3.90. The summed E-state index contributed by atoms with van der Waals surface area (Å²) in [7, 11) is 0. The number of hydrogen-bond acceptors (Lipinski definition) is 3. The molecule has 1 aromatic rings. The average molecular weight is 300 g/mol. The van der Waals surface area contributed by atoms with E-state index in [1.165, 1.54) is 37.1 Å². The summed E-state index contributed by atoms with van der Waals surface area (Å²) in [5, 5.41) is 6.55. The van der Waals surface area contributed by atoms with Crippen molar-refractivity contribution in [1.82, 2.24) is 15.5 Å². The van der Waals surface area contributed by atoms with Crippen molar-refractivity contribution in [2.45, 2.75) is 25.3 Å². The number of amides is 2. The Morgan fingerprint density at radius 1 is 1.14 bits per heavy atom. The number of hydrogen-bond donors (Lipinski definition) is 2. The van der Waals surface area contributed by atoms with Crippen molar-refractivity contribution in [2.75, 3.05) is 44.2 Å². The molecule has 0 aromatic heterocycles. The van der Waals surface area contributed by atoms with Crippen LogP contribution in [-0.2, 0) is 6.42 Å². The molecule has 4 rings (SSSR count). The van der Waals surface area contributed by atoms with Crippen LogP contribution >= 0.6 is 0 Å². The van der Waals surface area contributed by atoms with Gasteiger partial charge in [-0.25, -0.2) is 4.79 Å². The zero-order chi connectivity index (χ0) is 14.9. The Morgan fingerprint density at radius 2 is 2.00 bits per heavy atom. The van der Waals surface area contributed by atoms with Gasteiger partial charge in [0.25, 0.3) is 0 Å². The number of urea groups is 1. The molecule has 2 N–H and O–H groups in total. The molecular weight excluding hydrogens is 276 g/mol. The van der Waals surface area contributed by atoms with Gasteiger partial charge in [-0.1, -0.05) is 6.07 Å². The Hall–Kier alpha value is -1.59. The first-order valence-electron chi connectivity index (χ1n) is 8.45. The maximum absolute atomic E-state index is 11.9. The van der Waals surface area contributed by atoms with Crippen molar-refractivity contribution in [3.63, 3.8) is 0 Å². The molecule has 22 heavy (non-hydrogen) atoms. The minimum atomic E-state index is 0.0276. The molecule has 0 spiro atoms. The lowest BCUT2D eigenvalue weighted by Crippen LogP contribution is -2.38. The molecule has 1 atom stereocenters. The van der Waals surface area contributed by atoms with Gasteiger partial charge in [-0.15, -0.1) is 0 Å². The highest BCUT2D eigenvalue weighted by Crippen LogP contribution is 2.29. The molecule has 2 saturated heterocycles. The normalized spacial score (nSPS) is 25.4. The largest absolute Gasteiger partial charge is 0.336 e. The Labute approximate surface area is 131 Å². The van der Waals surface area contributed by atoms with Crippen molar-refractivity contribution in [1.29, 1.82) is 0 Å². The van der Waals surface area contributed by atoms with Gasteiger partial charge in [-0.05, 0) is 62.2 Å². The van der Waals surface area contributed by atoms with Gasteiger partial charge in [0, 0.05) is 31.4 Å². The van der Waals surface area contributed by atoms with E-state index in [1.807, 2.05) is 4.90 Å². The first-order chi connectivity index (χ1) is 10.8. The van der Waals surface area contributed by atoms with E-state index in [4.69, 9.17) is 0 Å². The fraction of sp³-hybridized carbons (Fsp3) is 0.588. The Balaban J connectivity index is 1.59. The number of anilines is 1. The topological polar surface area (TPSA) is 47.6 Å². The van der Waals surface area contributed by atoms with Crippen molar-refractivity contribution in [3.05, 3.63) is 29.3 Å². The van der Waals surface area contributed by atoms with Gasteiger partial charge >= 0.3 is 6.03 Å². The summed E-state index contributed by atoms with van der Waals surface area (Å²) < 4.78 is 0. The molecule has 0 aliphatic carbocycles. The van der Waals surface area contributed by atoms with E-state index in [-0.39, 0.29) is 6.03 Å². The van der Waals surface area contributed by atoms with Gasteiger partial charge in [-0.3, -0.25) is 4.90 Å². The quantitative estimate of drug-likeness (QED) is 0.889. The van der Waals surface area contributed by atoms with E-state index < -0.39 is 0 Å². The number of carbonyl (C=O) groups is 1. The molecule has 118 valence electrons. The van der Waals surface area contributed by atoms with Gasteiger partial charge in [-0.2, -0.15) is 0 Å². The minimum absolute atomic E-state index is 0.0276. The number of likely N-dealkylation sites (tertiary alicyclic amines) is 1. The summed E-state index contributed by atoms with van der Waals surface area (Å²) in [5.41, 5.74) is 3.85. The standard InChI is InChI=1S/C17H24N4O/c22-17-19-7-10-21(17)14-4-3-13-5-6-18-16(15(13)11-14)12-20-8-1-2-9-20/h3-4,11,16,18H,1-2,5-10,12H2,(H,19,22). The summed E-state index contributed by atoms with van der Waals surface area (Å²) in [6.07, 6.45) is 3.74. The predicted molar refractivity (Wildman–Crippen MR) is 87.3 cm³/mol. The third-order valence-corrected chi connectivity index (χ3v) is 5.10. The minimum Gasteiger partial charge on any atom is -0.336 e. The highest BCUT2D eigenvalue weighted by Gasteiger charge is 2.26. The van der Waals surface area contributed by atoms with Crippen LogP contribution in [0.2, 0.25) is 0 Å². The second-order valence-electron chi connectivity index (χ2n) is 6.53. The Bertz CT molecular complexity index is 568. The SMILES string of the molecule is O=C1NCCN1c1ccc2c(c1)C(CN1CCCC1)NCC2. The summed E-state index contributed by atoms with van der Waals surface area (Å²) >= 11 is 0. The monoisotopic (exact) mass is 300 g/mol. The molecule has 0 saturated carbocycles. The number of carbonyl (C=O) groups excluding carboxylic acids is 1. The van der Waals surface area contributed by atoms with Gasteiger partial charge in [0.15, 0.2) is 0 Å². The average Bonchev–Trinajstić information content (AvgIpc) is 3.19. The van der Waals surface area contributed by atoms with Gasteiger partial charge < -0.3 is 15.5 Å². The highest BCUT2D eigenvalue weighted by molar-refractivity contribution is 5.94. The van der Waals surface area contributed by atoms with E-state index in [0.717, 1.165) is 38.3 Å². The molecular formula is C17H24N4O. The second kappa shape index (κ2) is 5.89. The van der Waals surface area contributed by atoms with E-state index >= 15 is 0 Å². The van der Waals surface area contributed by atoms with Crippen LogP contribution in [0, 0.1) is 0 Å². The zero-order valence-corrected chi connectivity index (χ0v) is 13.0. The molecule has 1 unspecified atom stereocenters.